The fraction of sp³-hybridized carbons (Fsp3) is 0. The molecule has 0 aromatic carbocycles. The fourth-order valence-electron chi connectivity index (χ4n) is 0. The first kappa shape index (κ1) is 126. The second-order valence-electron chi connectivity index (χ2n) is 0.224. The second kappa shape index (κ2) is 97.2. The molecule has 0 spiro atoms. The molecule has 0 aliphatic rings. The molecule has 76 valence electrons. The van der Waals surface area contributed by atoms with Gasteiger partial charge in [-0.1, -0.05) is 0 Å². The Bertz CT molecular complexity index is 37.5. The van der Waals surface area contributed by atoms with E-state index in [1.807, 2.05) is 0 Å². The van der Waals surface area contributed by atoms with Gasteiger partial charge in [-0.25, -0.2) is 0 Å². The van der Waals surface area contributed by atoms with Gasteiger partial charge in [0.2, 0.25) is 0 Å². The topological polar surface area (TPSA) is 255 Å². The van der Waals surface area contributed by atoms with Gasteiger partial charge in [0.25, 0.3) is 0 Å². The quantitative estimate of drug-likeness (QED) is 0.218. The summed E-state index contributed by atoms with van der Waals surface area (Å²) in [6, 6.07) is 0. The van der Waals surface area contributed by atoms with Crippen LogP contribution >= 0.6 is 0 Å². The zero-order valence-electron chi connectivity index (χ0n) is 5.67. The molecule has 0 bridgehead atoms. The van der Waals surface area contributed by atoms with Crippen molar-refractivity contribution in [2.45, 2.75) is 0 Å². The Labute approximate surface area is 105 Å². The standard InChI is InChI=1S/Mg.NO3.Na.6H2O.2H/c;2-1(3)4;;;;;;;;;/h;;;6*1H2;;/q;-1;+1;;;;;;;;. The summed E-state index contributed by atoms with van der Waals surface area (Å²) in [6.45, 7) is 0. The van der Waals surface area contributed by atoms with Crippen LogP contribution in [0.3, 0.4) is 0 Å². The Morgan fingerprint density at radius 1 is 0.750 bits per heavy atom. The molecule has 0 saturated carbocycles. The normalized spacial score (nSPS) is 2.00. The van der Waals surface area contributed by atoms with Crippen molar-refractivity contribution in [3.63, 3.8) is 0 Å². The van der Waals surface area contributed by atoms with Crippen molar-refractivity contribution in [1.82, 2.24) is 0 Å². The molecule has 10 nitrogen and oxygen atoms in total. The van der Waals surface area contributed by atoms with Crippen LogP contribution < -0.4 is 29.6 Å². The summed E-state index contributed by atoms with van der Waals surface area (Å²) in [6.07, 6.45) is 0. The van der Waals surface area contributed by atoms with Gasteiger partial charge in [0.05, 0.1) is 5.09 Å². The molecule has 0 atom stereocenters. The Morgan fingerprint density at radius 2 is 0.750 bits per heavy atom. The van der Waals surface area contributed by atoms with Gasteiger partial charge in [-0.2, -0.15) is 0 Å². The molecular weight excluding hydrogens is 205 g/mol. The Morgan fingerprint density at radius 3 is 0.750 bits per heavy atom. The summed E-state index contributed by atoms with van der Waals surface area (Å²) < 4.78 is 0. The zero-order chi connectivity index (χ0) is 3.58. The molecule has 12 heteroatoms. The fourth-order valence-corrected chi connectivity index (χ4v) is 0. The van der Waals surface area contributed by atoms with Gasteiger partial charge in [0.15, 0.2) is 0 Å². The molecule has 0 aromatic heterocycles. The average Bonchev–Trinajstić information content (AvgIpc) is 0.811. The van der Waals surface area contributed by atoms with E-state index < -0.39 is 5.09 Å². The van der Waals surface area contributed by atoms with Crippen molar-refractivity contribution in [2.75, 3.05) is 0 Å². The molecule has 0 aliphatic heterocycles. The maximum atomic E-state index is 8.25. The van der Waals surface area contributed by atoms with Gasteiger partial charge < -0.3 is 48.2 Å². The molecule has 0 heterocycles. The van der Waals surface area contributed by atoms with Gasteiger partial charge in [0, 0.05) is 0 Å². The van der Waals surface area contributed by atoms with Crippen LogP contribution in [0.5, 0.6) is 0 Å². The molecule has 12 heavy (non-hydrogen) atoms. The molecule has 0 aromatic rings. The van der Waals surface area contributed by atoms with Crippen LogP contribution in [0.1, 0.15) is 0 Å². The van der Waals surface area contributed by atoms with Crippen molar-refractivity contribution in [3.05, 3.63) is 15.3 Å². The van der Waals surface area contributed by atoms with E-state index in [1.165, 1.54) is 0 Å². The van der Waals surface area contributed by atoms with E-state index in [1.54, 1.807) is 0 Å². The number of hydrogen-bond donors (Lipinski definition) is 0. The molecule has 0 saturated heterocycles. The number of rotatable bonds is 0. The van der Waals surface area contributed by atoms with Crippen molar-refractivity contribution in [1.29, 1.82) is 0 Å². The first-order valence-electron chi connectivity index (χ1n) is 0.548. The van der Waals surface area contributed by atoms with Crippen molar-refractivity contribution < 1.29 is 67.5 Å². The van der Waals surface area contributed by atoms with Crippen molar-refractivity contribution in [2.24, 2.45) is 0 Å². The van der Waals surface area contributed by atoms with E-state index in [9.17, 15) is 0 Å². The smallest absolute Gasteiger partial charge is 0.412 e. The van der Waals surface area contributed by atoms with Crippen LogP contribution in [-0.4, -0.2) is 61.0 Å². The predicted molar refractivity (Wildman–Crippen MR) is 40.6 cm³/mol. The average molecular weight is 219 g/mol. The maximum absolute atomic E-state index is 8.25. The molecule has 0 aliphatic carbocycles. The number of hydrogen-bond acceptors (Lipinski definition) is 3. The van der Waals surface area contributed by atoms with Crippen LogP contribution in [0.15, 0.2) is 0 Å². The van der Waals surface area contributed by atoms with Crippen LogP contribution in [0.4, 0.5) is 0 Å². The molecule has 0 fully saturated rings. The van der Waals surface area contributed by atoms with E-state index in [2.05, 4.69) is 0 Å². The summed E-state index contributed by atoms with van der Waals surface area (Å²) in [5.74, 6) is 0. The van der Waals surface area contributed by atoms with E-state index in [0.717, 1.165) is 0 Å². The van der Waals surface area contributed by atoms with E-state index in [0.29, 0.717) is 0 Å². The summed E-state index contributed by atoms with van der Waals surface area (Å²) in [4.78, 5) is 8.25. The summed E-state index contributed by atoms with van der Waals surface area (Å²) >= 11 is 0. The third kappa shape index (κ3) is 1920. The van der Waals surface area contributed by atoms with Crippen LogP contribution in [0.25, 0.3) is 0 Å². The Balaban J connectivity index is -0.00000000161. The van der Waals surface area contributed by atoms with Gasteiger partial charge in [-0.05, 0) is 0 Å². The first-order valence-corrected chi connectivity index (χ1v) is 0.548. The molecule has 0 amide bonds. The van der Waals surface area contributed by atoms with Crippen LogP contribution in [0, 0.1) is 15.3 Å². The molecule has 0 rings (SSSR count). The van der Waals surface area contributed by atoms with E-state index in [-0.39, 0.29) is 85.5 Å². The summed E-state index contributed by atoms with van der Waals surface area (Å²) in [5, 5.41) is 14.8. The van der Waals surface area contributed by atoms with Gasteiger partial charge in [0.1, 0.15) is 0 Å². The van der Waals surface area contributed by atoms with Gasteiger partial charge in [-0.3, -0.25) is 0 Å². The van der Waals surface area contributed by atoms with Crippen molar-refractivity contribution in [3.8, 4) is 0 Å². The Kier molecular flexibility index (Phi) is 1020. The minimum atomic E-state index is -1.75. The van der Waals surface area contributed by atoms with Crippen LogP contribution in [0.2, 0.25) is 0 Å². The third-order valence-electron chi connectivity index (χ3n) is 0. The first-order chi connectivity index (χ1) is 1.73. The minimum absolute atomic E-state index is 0. The molecule has 12 N–H and O–H groups in total. The third-order valence-corrected chi connectivity index (χ3v) is 0. The Hall–Kier alpha value is 0.726. The molecule has 0 unspecified atom stereocenters. The number of nitrogens with zero attached hydrogens (tertiary/aromatic N) is 1. The van der Waals surface area contributed by atoms with Crippen LogP contribution in [-0.2, 0) is 0 Å². The van der Waals surface area contributed by atoms with E-state index in [4.69, 9.17) is 15.3 Å². The molecule has 0 radical (unpaired) electrons. The second-order valence-corrected chi connectivity index (χ2v) is 0.224. The predicted octanol–water partition coefficient (Wildman–Crippen LogP) is -9.10. The summed E-state index contributed by atoms with van der Waals surface area (Å²) in [7, 11) is 0. The monoisotopic (exact) mass is 219 g/mol. The van der Waals surface area contributed by atoms with Crippen molar-refractivity contribution >= 4 is 23.1 Å². The van der Waals surface area contributed by atoms with Gasteiger partial charge in [-0.15, -0.1) is 0 Å². The maximum Gasteiger partial charge on any atom is 1.00 e. The van der Waals surface area contributed by atoms with Gasteiger partial charge >= 0.3 is 52.6 Å². The SMILES string of the molecule is O.O.O.O.O.O.O=[N+]([O-])[O-].[MgH2].[Na+]. The zero-order valence-corrected chi connectivity index (χ0v) is 7.67. The summed E-state index contributed by atoms with van der Waals surface area (Å²) in [5.41, 5.74) is 0. The minimum Gasteiger partial charge on any atom is -0.412 e. The van der Waals surface area contributed by atoms with E-state index >= 15 is 0 Å². The largest absolute Gasteiger partial charge is 1.00 e. The molecular formula is H14MgNNaO9.